The number of aryl methyl sites for hydroxylation is 2. The molecular weight excluding hydrogens is 512 g/mol. The van der Waals surface area contributed by atoms with E-state index in [-0.39, 0.29) is 42.3 Å². The van der Waals surface area contributed by atoms with E-state index in [1.54, 1.807) is 12.3 Å². The number of anilines is 3. The fraction of sp³-hybridized carbons (Fsp3) is 0.333. The summed E-state index contributed by atoms with van der Waals surface area (Å²) >= 11 is 0. The Morgan fingerprint density at radius 2 is 1.88 bits per heavy atom. The van der Waals surface area contributed by atoms with E-state index in [1.165, 1.54) is 18.3 Å². The average Bonchev–Trinajstić information content (AvgIpc) is 3.55. The summed E-state index contributed by atoms with van der Waals surface area (Å²) in [5, 5.41) is 6.18. The molecule has 13 nitrogen and oxygen atoms in total. The molecule has 13 heteroatoms. The van der Waals surface area contributed by atoms with Crippen molar-refractivity contribution < 1.29 is 14.4 Å². The topological polar surface area (TPSA) is 151 Å². The molecule has 1 saturated heterocycles. The van der Waals surface area contributed by atoms with E-state index in [4.69, 9.17) is 4.98 Å². The molecule has 2 aliphatic rings. The van der Waals surface area contributed by atoms with Gasteiger partial charge in [-0.1, -0.05) is 0 Å². The number of carbonyl (C=O) groups excluding carboxylic acids is 3. The van der Waals surface area contributed by atoms with Crippen LogP contribution in [0, 0.1) is 19.8 Å². The van der Waals surface area contributed by atoms with Crippen molar-refractivity contribution in [1.82, 2.24) is 34.2 Å². The molecule has 3 atom stereocenters. The van der Waals surface area contributed by atoms with Gasteiger partial charge >= 0.3 is 6.03 Å². The molecule has 204 valence electrons. The van der Waals surface area contributed by atoms with Crippen LogP contribution in [0.15, 0.2) is 43.1 Å². The second-order valence-corrected chi connectivity index (χ2v) is 10.3. The number of likely N-dealkylation sites (N-methyl/N-ethyl adjacent to an activating group) is 1. The predicted molar refractivity (Wildman–Crippen MR) is 146 cm³/mol. The van der Waals surface area contributed by atoms with E-state index >= 15 is 0 Å². The molecule has 0 radical (unpaired) electrons. The number of hydrogen-bond acceptors (Lipinski definition) is 9. The van der Waals surface area contributed by atoms with Crippen LogP contribution < -0.4 is 15.5 Å². The summed E-state index contributed by atoms with van der Waals surface area (Å²) in [5.74, 6) is 1.02. The van der Waals surface area contributed by atoms with E-state index in [1.807, 2.05) is 49.7 Å². The highest BCUT2D eigenvalue weighted by Crippen LogP contribution is 2.46. The molecule has 0 aromatic carbocycles. The van der Waals surface area contributed by atoms with Crippen LogP contribution in [0.4, 0.5) is 22.1 Å². The summed E-state index contributed by atoms with van der Waals surface area (Å²) in [5.41, 5.74) is 3.65. The summed E-state index contributed by atoms with van der Waals surface area (Å²) in [6.07, 6.45) is 7.59. The number of fused-ring (bicyclic) bond motifs is 1. The Bertz CT molecular complexity index is 1670. The first kappa shape index (κ1) is 25.3. The Morgan fingerprint density at radius 3 is 2.62 bits per heavy atom. The third kappa shape index (κ3) is 4.70. The third-order valence-electron chi connectivity index (χ3n) is 7.16. The van der Waals surface area contributed by atoms with Gasteiger partial charge in [-0.3, -0.25) is 19.4 Å². The van der Waals surface area contributed by atoms with Gasteiger partial charge in [0.25, 0.3) is 0 Å². The van der Waals surface area contributed by atoms with Crippen LogP contribution in [0.1, 0.15) is 48.1 Å². The smallest absolute Gasteiger partial charge is 0.331 e. The summed E-state index contributed by atoms with van der Waals surface area (Å²) in [4.78, 5) is 62.1. The molecule has 1 aliphatic heterocycles. The van der Waals surface area contributed by atoms with Gasteiger partial charge in [-0.25, -0.2) is 29.7 Å². The van der Waals surface area contributed by atoms with Gasteiger partial charge in [-0.05, 0) is 44.9 Å². The van der Waals surface area contributed by atoms with E-state index in [0.29, 0.717) is 40.9 Å². The van der Waals surface area contributed by atoms with Gasteiger partial charge in [0.1, 0.15) is 30.3 Å². The number of aromatic nitrogens is 6. The van der Waals surface area contributed by atoms with Crippen LogP contribution in [-0.4, -0.2) is 65.7 Å². The van der Waals surface area contributed by atoms with Crippen LogP contribution in [0.2, 0.25) is 0 Å². The molecule has 0 spiro atoms. The number of hydrogen-bond donors (Lipinski definition) is 2. The molecule has 0 bridgehead atoms. The maximum atomic E-state index is 12.8. The van der Waals surface area contributed by atoms with E-state index < -0.39 is 0 Å². The highest BCUT2D eigenvalue weighted by Gasteiger charge is 2.46. The van der Waals surface area contributed by atoms with Crippen molar-refractivity contribution in [2.75, 3.05) is 29.1 Å². The van der Waals surface area contributed by atoms with Gasteiger partial charge in [-0.2, -0.15) is 0 Å². The number of pyridine rings is 1. The number of imide groups is 1. The molecule has 2 fully saturated rings. The Morgan fingerprint density at radius 1 is 1.07 bits per heavy atom. The van der Waals surface area contributed by atoms with Crippen LogP contribution in [-0.2, 0) is 9.59 Å². The number of nitrogens with one attached hydrogen (secondary N) is 2. The van der Waals surface area contributed by atoms with Crippen LogP contribution in [0.5, 0.6) is 0 Å². The minimum atomic E-state index is -0.382. The van der Waals surface area contributed by atoms with Crippen molar-refractivity contribution in [3.8, 4) is 0 Å². The first-order valence-electron chi connectivity index (χ1n) is 12.9. The zero-order chi connectivity index (χ0) is 28.1. The number of nitrogens with zero attached hydrogens (tertiary/aromatic N) is 8. The predicted octanol–water partition coefficient (Wildman–Crippen LogP) is 2.84. The maximum absolute atomic E-state index is 12.8. The Kier molecular flexibility index (Phi) is 6.12. The summed E-state index contributed by atoms with van der Waals surface area (Å²) in [6.45, 7) is 5.73. The Balaban J connectivity index is 1.16. The number of amides is 4. The number of carbonyl (C=O) groups is 3. The molecule has 0 unspecified atom stereocenters. The number of urea groups is 1. The van der Waals surface area contributed by atoms with Gasteiger partial charge in [0.15, 0.2) is 5.65 Å². The standard InChI is InChI=1S/C27H28N10O3/c1-14-7-20(37-12-23(38)35(4)27(37)40)25-33-19(11-36(25)10-14)16(3)32-21-9-22(30-13-29-21)34-26(39)18-8-17(18)24-28-6-5-15(2)31-24/h5-7,9-11,13,16-18H,8,12H2,1-4H3,(H2,29,30,32,34,39)/t16-,17+,18+/m1/s1. The highest BCUT2D eigenvalue weighted by atomic mass is 16.2. The molecule has 4 aromatic rings. The van der Waals surface area contributed by atoms with Gasteiger partial charge in [0.05, 0.1) is 17.4 Å². The molecule has 1 saturated carbocycles. The van der Waals surface area contributed by atoms with E-state index in [9.17, 15) is 14.4 Å². The van der Waals surface area contributed by atoms with Crippen molar-refractivity contribution in [2.45, 2.75) is 39.2 Å². The molecule has 6 rings (SSSR count). The van der Waals surface area contributed by atoms with Gasteiger partial charge in [-0.15, -0.1) is 0 Å². The maximum Gasteiger partial charge on any atom is 0.331 e. The lowest BCUT2D eigenvalue weighted by Crippen LogP contribution is -2.30. The molecule has 4 amide bonds. The lowest BCUT2D eigenvalue weighted by Gasteiger charge is -2.16. The quantitative estimate of drug-likeness (QED) is 0.337. The van der Waals surface area contributed by atoms with Crippen molar-refractivity contribution in [2.24, 2.45) is 5.92 Å². The summed E-state index contributed by atoms with van der Waals surface area (Å²) < 4.78 is 1.85. The fourth-order valence-electron chi connectivity index (χ4n) is 4.87. The SMILES string of the molecule is Cc1cc(N2CC(=O)N(C)C2=O)c2nc([C@@H](C)Nc3cc(NC(=O)[C@H]4C[C@@H]4c4nccc(C)n4)ncn3)cn2c1. The van der Waals surface area contributed by atoms with Crippen LogP contribution in [0.3, 0.4) is 0 Å². The molecular formula is C27H28N10O3. The van der Waals surface area contributed by atoms with Crippen LogP contribution >= 0.6 is 0 Å². The number of imidazole rings is 1. The third-order valence-corrected chi connectivity index (χ3v) is 7.16. The zero-order valence-corrected chi connectivity index (χ0v) is 22.5. The normalized spacial score (nSPS) is 19.3. The molecule has 4 aromatic heterocycles. The summed E-state index contributed by atoms with van der Waals surface area (Å²) in [7, 11) is 1.47. The minimum absolute atomic E-state index is 0.0114. The van der Waals surface area contributed by atoms with Crippen molar-refractivity contribution in [3.63, 3.8) is 0 Å². The molecule has 40 heavy (non-hydrogen) atoms. The zero-order valence-electron chi connectivity index (χ0n) is 22.5. The average molecular weight is 541 g/mol. The number of rotatable bonds is 7. The highest BCUT2D eigenvalue weighted by molar-refractivity contribution is 6.13. The van der Waals surface area contributed by atoms with Gasteiger partial charge in [0.2, 0.25) is 11.8 Å². The Hall–Kier alpha value is -4.94. The lowest BCUT2D eigenvalue weighted by molar-refractivity contribution is -0.124. The van der Waals surface area contributed by atoms with Gasteiger partial charge in [0, 0.05) is 49.2 Å². The Labute approximate surface area is 229 Å². The van der Waals surface area contributed by atoms with E-state index in [0.717, 1.165) is 16.2 Å². The van der Waals surface area contributed by atoms with Gasteiger partial charge < -0.3 is 15.0 Å². The fourth-order valence-corrected chi connectivity index (χ4v) is 4.87. The van der Waals surface area contributed by atoms with E-state index in [2.05, 4.69) is 30.6 Å². The lowest BCUT2D eigenvalue weighted by atomic mass is 10.2. The summed E-state index contributed by atoms with van der Waals surface area (Å²) in [6, 6.07) is 4.71. The van der Waals surface area contributed by atoms with Crippen molar-refractivity contribution >= 4 is 40.8 Å². The second-order valence-electron chi connectivity index (χ2n) is 10.3. The molecule has 5 heterocycles. The molecule has 2 N–H and O–H groups in total. The first-order chi connectivity index (χ1) is 19.2. The minimum Gasteiger partial charge on any atom is -0.362 e. The monoisotopic (exact) mass is 540 g/mol. The first-order valence-corrected chi connectivity index (χ1v) is 12.9. The van der Waals surface area contributed by atoms with Crippen molar-refractivity contribution in [1.29, 1.82) is 0 Å². The largest absolute Gasteiger partial charge is 0.362 e. The van der Waals surface area contributed by atoms with Crippen molar-refractivity contribution in [3.05, 3.63) is 65.9 Å². The molecule has 1 aliphatic carbocycles. The second kappa shape index (κ2) is 9.67. The van der Waals surface area contributed by atoms with Crippen LogP contribution in [0.25, 0.3) is 5.65 Å².